The molecule has 0 saturated heterocycles. The number of aromatic amines is 1. The van der Waals surface area contributed by atoms with Gasteiger partial charge in [-0.3, -0.25) is 0 Å². The Hall–Kier alpha value is -2.33. The molecular weight excluding hydrogens is 262 g/mol. The van der Waals surface area contributed by atoms with Crippen LogP contribution in [-0.4, -0.2) is 29.7 Å². The maximum atomic E-state index is 5.63. The normalized spacial score (nSPS) is 10.9. The second-order valence-electron chi connectivity index (χ2n) is 4.88. The van der Waals surface area contributed by atoms with Gasteiger partial charge in [-0.25, -0.2) is 4.98 Å². The standard InChI is InChI=1S/C17H19N3O/c1-2-6-14(7-3-1)10-12-21-13-11-18-17-19-15-8-4-5-9-16(15)20-17/h1-9H,10-13H2,(H2,18,19,20). The third-order valence-corrected chi connectivity index (χ3v) is 3.31. The van der Waals surface area contributed by atoms with Crippen LogP contribution in [0.4, 0.5) is 5.95 Å². The van der Waals surface area contributed by atoms with Crippen molar-refractivity contribution in [1.82, 2.24) is 9.97 Å². The third-order valence-electron chi connectivity index (χ3n) is 3.31. The van der Waals surface area contributed by atoms with E-state index in [0.29, 0.717) is 6.61 Å². The summed E-state index contributed by atoms with van der Waals surface area (Å²) in [5, 5.41) is 3.24. The van der Waals surface area contributed by atoms with Crippen molar-refractivity contribution >= 4 is 17.0 Å². The Labute approximate surface area is 124 Å². The highest BCUT2D eigenvalue weighted by molar-refractivity contribution is 5.77. The van der Waals surface area contributed by atoms with Crippen molar-refractivity contribution < 1.29 is 4.74 Å². The van der Waals surface area contributed by atoms with E-state index in [9.17, 15) is 0 Å². The van der Waals surface area contributed by atoms with Gasteiger partial charge in [0.2, 0.25) is 5.95 Å². The first-order valence-corrected chi connectivity index (χ1v) is 7.22. The molecule has 2 N–H and O–H groups in total. The number of nitrogens with zero attached hydrogens (tertiary/aromatic N) is 1. The molecule has 2 aromatic carbocycles. The molecule has 0 atom stereocenters. The van der Waals surface area contributed by atoms with Crippen molar-refractivity contribution in [1.29, 1.82) is 0 Å². The summed E-state index contributed by atoms with van der Waals surface area (Å²) < 4.78 is 5.63. The SMILES string of the molecule is c1ccc(CCOCCNc2nc3ccccc3[nH]2)cc1. The summed E-state index contributed by atoms with van der Waals surface area (Å²) in [6, 6.07) is 18.4. The molecule has 0 aliphatic heterocycles. The molecular formula is C17H19N3O. The van der Waals surface area contributed by atoms with Gasteiger partial charge < -0.3 is 15.0 Å². The van der Waals surface area contributed by atoms with Crippen molar-refractivity contribution in [2.24, 2.45) is 0 Å². The maximum absolute atomic E-state index is 5.63. The highest BCUT2D eigenvalue weighted by Gasteiger charge is 2.00. The maximum Gasteiger partial charge on any atom is 0.201 e. The molecule has 0 amide bonds. The van der Waals surface area contributed by atoms with Gasteiger partial charge in [-0.15, -0.1) is 0 Å². The third kappa shape index (κ3) is 3.83. The average molecular weight is 281 g/mol. The molecule has 3 aromatic rings. The minimum atomic E-state index is 0.671. The minimum Gasteiger partial charge on any atom is -0.379 e. The van der Waals surface area contributed by atoms with Crippen molar-refractivity contribution in [3.8, 4) is 0 Å². The van der Waals surface area contributed by atoms with Crippen LogP contribution in [0.3, 0.4) is 0 Å². The Balaban J connectivity index is 1.36. The van der Waals surface area contributed by atoms with Gasteiger partial charge in [0.05, 0.1) is 24.2 Å². The number of para-hydroxylation sites is 2. The lowest BCUT2D eigenvalue weighted by Gasteiger charge is -2.05. The number of hydrogen-bond donors (Lipinski definition) is 2. The number of nitrogens with one attached hydrogen (secondary N) is 2. The molecule has 21 heavy (non-hydrogen) atoms. The molecule has 0 unspecified atom stereocenters. The molecule has 0 aliphatic rings. The molecule has 1 aromatic heterocycles. The molecule has 108 valence electrons. The second-order valence-corrected chi connectivity index (χ2v) is 4.88. The van der Waals surface area contributed by atoms with Crippen LogP contribution in [-0.2, 0) is 11.2 Å². The molecule has 0 saturated carbocycles. The first kappa shape index (κ1) is 13.6. The smallest absolute Gasteiger partial charge is 0.201 e. The van der Waals surface area contributed by atoms with Crippen LogP contribution in [0.1, 0.15) is 5.56 Å². The number of anilines is 1. The molecule has 0 radical (unpaired) electrons. The number of fused-ring (bicyclic) bond motifs is 1. The van der Waals surface area contributed by atoms with Gasteiger partial charge in [0.1, 0.15) is 0 Å². The summed E-state index contributed by atoms with van der Waals surface area (Å²) in [5.74, 6) is 0.794. The van der Waals surface area contributed by atoms with E-state index >= 15 is 0 Å². The Kier molecular flexibility index (Phi) is 4.49. The summed E-state index contributed by atoms with van der Waals surface area (Å²) in [6.45, 7) is 2.16. The topological polar surface area (TPSA) is 49.9 Å². The van der Waals surface area contributed by atoms with Crippen LogP contribution < -0.4 is 5.32 Å². The average Bonchev–Trinajstić information content (AvgIpc) is 2.94. The summed E-state index contributed by atoms with van der Waals surface area (Å²) in [7, 11) is 0. The van der Waals surface area contributed by atoms with E-state index in [4.69, 9.17) is 4.74 Å². The fourth-order valence-electron chi connectivity index (χ4n) is 2.21. The van der Waals surface area contributed by atoms with Gasteiger partial charge in [-0.05, 0) is 24.1 Å². The van der Waals surface area contributed by atoms with Crippen LogP contribution in [0.15, 0.2) is 54.6 Å². The number of aromatic nitrogens is 2. The number of rotatable bonds is 7. The lowest BCUT2D eigenvalue weighted by molar-refractivity contribution is 0.147. The zero-order valence-corrected chi connectivity index (χ0v) is 11.9. The van der Waals surface area contributed by atoms with E-state index in [1.165, 1.54) is 5.56 Å². The Morgan fingerprint density at radius 1 is 0.952 bits per heavy atom. The van der Waals surface area contributed by atoms with E-state index in [2.05, 4.69) is 39.6 Å². The van der Waals surface area contributed by atoms with Crippen molar-refractivity contribution in [2.75, 3.05) is 25.1 Å². The van der Waals surface area contributed by atoms with Crippen molar-refractivity contribution in [3.63, 3.8) is 0 Å². The fourth-order valence-corrected chi connectivity index (χ4v) is 2.21. The molecule has 0 spiro atoms. The minimum absolute atomic E-state index is 0.671. The lowest BCUT2D eigenvalue weighted by Crippen LogP contribution is -2.11. The second kappa shape index (κ2) is 6.90. The fraction of sp³-hybridized carbons (Fsp3) is 0.235. The van der Waals surface area contributed by atoms with Gasteiger partial charge in [0, 0.05) is 6.54 Å². The van der Waals surface area contributed by atoms with Gasteiger partial charge in [0.15, 0.2) is 0 Å². The number of ether oxygens (including phenoxy) is 1. The summed E-state index contributed by atoms with van der Waals surface area (Å²) in [6.07, 6.45) is 0.950. The van der Waals surface area contributed by atoms with E-state index in [0.717, 1.165) is 36.6 Å². The largest absolute Gasteiger partial charge is 0.379 e. The zero-order valence-electron chi connectivity index (χ0n) is 11.9. The Morgan fingerprint density at radius 2 is 1.76 bits per heavy atom. The zero-order chi connectivity index (χ0) is 14.3. The lowest BCUT2D eigenvalue weighted by atomic mass is 10.2. The van der Waals surface area contributed by atoms with E-state index < -0.39 is 0 Å². The quantitative estimate of drug-likeness (QED) is 0.654. The summed E-state index contributed by atoms with van der Waals surface area (Å²) >= 11 is 0. The molecule has 0 aliphatic carbocycles. The van der Waals surface area contributed by atoms with Crippen LogP contribution in [0, 0.1) is 0 Å². The molecule has 0 bridgehead atoms. The Morgan fingerprint density at radius 3 is 2.62 bits per heavy atom. The molecule has 3 rings (SSSR count). The van der Waals surface area contributed by atoms with Gasteiger partial charge in [-0.1, -0.05) is 42.5 Å². The summed E-state index contributed by atoms with van der Waals surface area (Å²) in [5.41, 5.74) is 3.33. The van der Waals surface area contributed by atoms with E-state index in [-0.39, 0.29) is 0 Å². The first-order chi connectivity index (χ1) is 10.4. The predicted molar refractivity (Wildman–Crippen MR) is 85.5 cm³/mol. The predicted octanol–water partition coefficient (Wildman–Crippen LogP) is 3.23. The van der Waals surface area contributed by atoms with E-state index in [1.807, 2.05) is 30.3 Å². The van der Waals surface area contributed by atoms with Crippen LogP contribution in [0.25, 0.3) is 11.0 Å². The van der Waals surface area contributed by atoms with Gasteiger partial charge in [0.25, 0.3) is 0 Å². The number of hydrogen-bond acceptors (Lipinski definition) is 3. The van der Waals surface area contributed by atoms with Gasteiger partial charge in [-0.2, -0.15) is 0 Å². The molecule has 0 fully saturated rings. The monoisotopic (exact) mass is 281 g/mol. The Bertz CT molecular complexity index is 646. The van der Waals surface area contributed by atoms with Crippen molar-refractivity contribution in [3.05, 3.63) is 60.2 Å². The molecule has 1 heterocycles. The summed E-state index contributed by atoms with van der Waals surface area (Å²) in [4.78, 5) is 7.69. The van der Waals surface area contributed by atoms with E-state index in [1.54, 1.807) is 0 Å². The van der Waals surface area contributed by atoms with Crippen LogP contribution in [0.2, 0.25) is 0 Å². The van der Waals surface area contributed by atoms with Crippen molar-refractivity contribution in [2.45, 2.75) is 6.42 Å². The highest BCUT2D eigenvalue weighted by Crippen LogP contribution is 2.12. The first-order valence-electron chi connectivity index (χ1n) is 7.22. The highest BCUT2D eigenvalue weighted by atomic mass is 16.5. The number of H-pyrrole nitrogens is 1. The van der Waals surface area contributed by atoms with Crippen LogP contribution in [0.5, 0.6) is 0 Å². The number of benzene rings is 2. The van der Waals surface area contributed by atoms with Gasteiger partial charge >= 0.3 is 0 Å². The molecule has 4 nitrogen and oxygen atoms in total. The number of imidazole rings is 1. The van der Waals surface area contributed by atoms with Crippen LogP contribution >= 0.6 is 0 Å². The molecule has 4 heteroatoms.